The molecule has 6 heteroatoms. The van der Waals surface area contributed by atoms with Crippen LogP contribution in [0, 0.1) is 11.8 Å². The quantitative estimate of drug-likeness (QED) is 0.926. The van der Waals surface area contributed by atoms with Crippen molar-refractivity contribution in [2.24, 2.45) is 11.8 Å². The molecule has 0 radical (unpaired) electrons. The zero-order valence-electron chi connectivity index (χ0n) is 14.2. The Kier molecular flexibility index (Phi) is 6.21. The van der Waals surface area contributed by atoms with Gasteiger partial charge in [-0.3, -0.25) is 4.79 Å². The van der Waals surface area contributed by atoms with Gasteiger partial charge >= 0.3 is 6.03 Å². The fraction of sp³-hybridized carbons (Fsp3) is 0.647. The first-order chi connectivity index (χ1) is 11.0. The number of aromatic nitrogens is 1. The third-order valence-corrected chi connectivity index (χ3v) is 4.29. The number of carbonyl (C=O) groups excluding carboxylic acids is 1. The predicted molar refractivity (Wildman–Crippen MR) is 90.7 cm³/mol. The number of likely N-dealkylation sites (tertiary alicyclic amines) is 1. The van der Waals surface area contributed by atoms with Crippen molar-refractivity contribution in [2.75, 3.05) is 32.1 Å². The standard InChI is InChI=1S/C17H27N3O3/c1-13-6-7-20(11-14(2)10-13)17(22)18-15-4-5-16(21)19(12-15)8-9-23-3/h4-5,12-14H,6-11H2,1-3H3,(H,18,22). The fourth-order valence-corrected chi connectivity index (χ4v) is 3.08. The lowest BCUT2D eigenvalue weighted by molar-refractivity contribution is 0.186. The molecule has 0 saturated carbocycles. The van der Waals surface area contributed by atoms with E-state index in [0.717, 1.165) is 25.9 Å². The minimum atomic E-state index is -0.0998. The van der Waals surface area contributed by atoms with E-state index in [4.69, 9.17) is 4.74 Å². The summed E-state index contributed by atoms with van der Waals surface area (Å²) in [5.41, 5.74) is 0.535. The average molecular weight is 321 g/mol. The molecule has 1 fully saturated rings. The highest BCUT2D eigenvalue weighted by Gasteiger charge is 2.22. The monoisotopic (exact) mass is 321 g/mol. The zero-order chi connectivity index (χ0) is 16.8. The Bertz CT molecular complexity index is 585. The van der Waals surface area contributed by atoms with Crippen molar-refractivity contribution in [1.29, 1.82) is 0 Å². The smallest absolute Gasteiger partial charge is 0.321 e. The highest BCUT2D eigenvalue weighted by molar-refractivity contribution is 5.89. The molecule has 6 nitrogen and oxygen atoms in total. The molecule has 1 aromatic rings. The van der Waals surface area contributed by atoms with Crippen LogP contribution >= 0.6 is 0 Å². The molecule has 1 aliphatic rings. The van der Waals surface area contributed by atoms with Crippen molar-refractivity contribution >= 4 is 11.7 Å². The van der Waals surface area contributed by atoms with Crippen LogP contribution in [0.1, 0.15) is 26.7 Å². The summed E-state index contributed by atoms with van der Waals surface area (Å²) >= 11 is 0. The molecule has 1 aliphatic heterocycles. The minimum absolute atomic E-state index is 0.0945. The number of urea groups is 1. The first kappa shape index (κ1) is 17.5. The summed E-state index contributed by atoms with van der Waals surface area (Å²) < 4.78 is 6.55. The summed E-state index contributed by atoms with van der Waals surface area (Å²) in [5.74, 6) is 1.16. The molecule has 1 aromatic heterocycles. The summed E-state index contributed by atoms with van der Waals surface area (Å²) in [6, 6.07) is 3.02. The van der Waals surface area contributed by atoms with Gasteiger partial charge in [-0.25, -0.2) is 4.79 Å². The number of pyridine rings is 1. The van der Waals surface area contributed by atoms with Gasteiger partial charge in [0, 0.05) is 39.0 Å². The van der Waals surface area contributed by atoms with Crippen LogP contribution in [0.4, 0.5) is 10.5 Å². The predicted octanol–water partition coefficient (Wildman–Crippen LogP) is 2.39. The molecule has 2 heterocycles. The van der Waals surface area contributed by atoms with Crippen molar-refractivity contribution in [3.05, 3.63) is 28.7 Å². The highest BCUT2D eigenvalue weighted by Crippen LogP contribution is 2.21. The Morgan fingerprint density at radius 2 is 2.13 bits per heavy atom. The SMILES string of the molecule is COCCn1cc(NC(=O)N2CCC(C)CC(C)C2)ccc1=O. The maximum Gasteiger partial charge on any atom is 0.321 e. The van der Waals surface area contributed by atoms with E-state index in [2.05, 4.69) is 19.2 Å². The number of amides is 2. The Hall–Kier alpha value is -1.82. The number of anilines is 1. The third kappa shape index (κ3) is 5.10. The number of ether oxygens (including phenoxy) is 1. The first-order valence-electron chi connectivity index (χ1n) is 8.25. The Morgan fingerprint density at radius 1 is 1.35 bits per heavy atom. The van der Waals surface area contributed by atoms with E-state index in [1.165, 1.54) is 6.07 Å². The lowest BCUT2D eigenvalue weighted by Crippen LogP contribution is -2.37. The second-order valence-corrected chi connectivity index (χ2v) is 6.55. The Labute approximate surface area is 137 Å². The molecular weight excluding hydrogens is 294 g/mol. The molecule has 23 heavy (non-hydrogen) atoms. The molecule has 128 valence electrons. The minimum Gasteiger partial charge on any atom is -0.383 e. The number of nitrogens with zero attached hydrogens (tertiary/aromatic N) is 2. The van der Waals surface area contributed by atoms with Crippen LogP contribution in [0.25, 0.3) is 0 Å². The largest absolute Gasteiger partial charge is 0.383 e. The van der Waals surface area contributed by atoms with Gasteiger partial charge in [0.1, 0.15) is 0 Å². The molecule has 2 amide bonds. The van der Waals surface area contributed by atoms with Gasteiger partial charge in [0.2, 0.25) is 0 Å². The van der Waals surface area contributed by atoms with Crippen molar-refractivity contribution in [2.45, 2.75) is 33.2 Å². The number of nitrogens with one attached hydrogen (secondary N) is 1. The van der Waals surface area contributed by atoms with Crippen LogP contribution in [0.3, 0.4) is 0 Å². The van der Waals surface area contributed by atoms with Gasteiger partial charge in [0.15, 0.2) is 0 Å². The van der Waals surface area contributed by atoms with Crippen LogP contribution in [0.5, 0.6) is 0 Å². The first-order valence-corrected chi connectivity index (χ1v) is 8.25. The van der Waals surface area contributed by atoms with Crippen LogP contribution in [0.15, 0.2) is 23.1 Å². The van der Waals surface area contributed by atoms with Gasteiger partial charge in [-0.15, -0.1) is 0 Å². The summed E-state index contributed by atoms with van der Waals surface area (Å²) in [6.45, 7) is 6.91. The third-order valence-electron chi connectivity index (χ3n) is 4.29. The summed E-state index contributed by atoms with van der Waals surface area (Å²) in [6.07, 6.45) is 3.86. The average Bonchev–Trinajstić information content (AvgIpc) is 2.68. The molecular formula is C17H27N3O3. The molecule has 2 rings (SSSR count). The zero-order valence-corrected chi connectivity index (χ0v) is 14.2. The van der Waals surface area contributed by atoms with Gasteiger partial charge in [0.25, 0.3) is 5.56 Å². The van der Waals surface area contributed by atoms with Crippen molar-refractivity contribution in [3.8, 4) is 0 Å². The lowest BCUT2D eigenvalue weighted by atomic mass is 9.97. The second kappa shape index (κ2) is 8.15. The van der Waals surface area contributed by atoms with Crippen molar-refractivity contribution < 1.29 is 9.53 Å². The maximum atomic E-state index is 12.5. The topological polar surface area (TPSA) is 63.6 Å². The van der Waals surface area contributed by atoms with Gasteiger partial charge in [0.05, 0.1) is 12.3 Å². The van der Waals surface area contributed by atoms with Gasteiger partial charge in [-0.2, -0.15) is 0 Å². The van der Waals surface area contributed by atoms with E-state index in [0.29, 0.717) is 30.7 Å². The van der Waals surface area contributed by atoms with Crippen molar-refractivity contribution in [3.63, 3.8) is 0 Å². The normalized spacial score (nSPS) is 21.8. The maximum absolute atomic E-state index is 12.5. The van der Waals surface area contributed by atoms with Gasteiger partial charge in [-0.1, -0.05) is 13.8 Å². The lowest BCUT2D eigenvalue weighted by Gasteiger charge is -2.23. The van der Waals surface area contributed by atoms with E-state index < -0.39 is 0 Å². The van der Waals surface area contributed by atoms with E-state index >= 15 is 0 Å². The van der Waals surface area contributed by atoms with Crippen LogP contribution in [-0.2, 0) is 11.3 Å². The fourth-order valence-electron chi connectivity index (χ4n) is 3.08. The number of carbonyl (C=O) groups is 1. The van der Waals surface area contributed by atoms with E-state index in [1.807, 2.05) is 4.90 Å². The Balaban J connectivity index is 2.03. The molecule has 0 aliphatic carbocycles. The molecule has 1 N–H and O–H groups in total. The van der Waals surface area contributed by atoms with Crippen LogP contribution in [-0.4, -0.2) is 42.3 Å². The van der Waals surface area contributed by atoms with E-state index in [1.54, 1.807) is 23.9 Å². The molecule has 1 saturated heterocycles. The number of methoxy groups -OCH3 is 1. The number of hydrogen-bond donors (Lipinski definition) is 1. The molecule has 0 spiro atoms. The summed E-state index contributed by atoms with van der Waals surface area (Å²) in [4.78, 5) is 26.1. The number of hydrogen-bond acceptors (Lipinski definition) is 3. The molecule has 2 unspecified atom stereocenters. The van der Waals surface area contributed by atoms with Gasteiger partial charge < -0.3 is 19.5 Å². The van der Waals surface area contributed by atoms with Gasteiger partial charge in [-0.05, 0) is 30.7 Å². The van der Waals surface area contributed by atoms with Crippen LogP contribution < -0.4 is 10.9 Å². The molecule has 0 bridgehead atoms. The van der Waals surface area contributed by atoms with Crippen molar-refractivity contribution in [1.82, 2.24) is 9.47 Å². The van der Waals surface area contributed by atoms with E-state index in [9.17, 15) is 9.59 Å². The second-order valence-electron chi connectivity index (χ2n) is 6.55. The Morgan fingerprint density at radius 3 is 2.87 bits per heavy atom. The molecule has 2 atom stereocenters. The molecule has 0 aromatic carbocycles. The van der Waals surface area contributed by atoms with Crippen LogP contribution in [0.2, 0.25) is 0 Å². The summed E-state index contributed by atoms with van der Waals surface area (Å²) in [7, 11) is 1.60. The summed E-state index contributed by atoms with van der Waals surface area (Å²) in [5, 5.41) is 2.91. The highest BCUT2D eigenvalue weighted by atomic mass is 16.5. The van der Waals surface area contributed by atoms with E-state index in [-0.39, 0.29) is 11.6 Å². The number of rotatable bonds is 4.